The van der Waals surface area contributed by atoms with E-state index in [0.717, 1.165) is 0 Å². The molecule has 2 N–H and O–H groups in total. The summed E-state index contributed by atoms with van der Waals surface area (Å²) in [4.78, 5) is 23.7. The molecule has 1 aliphatic heterocycles. The van der Waals surface area contributed by atoms with E-state index in [-0.39, 0.29) is 30.3 Å². The van der Waals surface area contributed by atoms with Crippen molar-refractivity contribution in [1.29, 1.82) is 0 Å². The topological polar surface area (TPSA) is 124 Å². The van der Waals surface area contributed by atoms with Crippen molar-refractivity contribution in [3.63, 3.8) is 0 Å². The highest BCUT2D eigenvalue weighted by Gasteiger charge is 2.34. The number of hydrogen-bond acceptors (Lipinski definition) is 5. The fourth-order valence-electron chi connectivity index (χ4n) is 2.46. The average molecular weight is 313 g/mol. The van der Waals surface area contributed by atoms with E-state index in [1.54, 1.807) is 13.0 Å². The van der Waals surface area contributed by atoms with E-state index in [1.807, 2.05) is 0 Å². The van der Waals surface area contributed by atoms with Crippen molar-refractivity contribution in [3.05, 3.63) is 33.9 Å². The highest BCUT2D eigenvalue weighted by molar-refractivity contribution is 7.89. The number of nitro groups is 1. The number of amides is 1. The van der Waals surface area contributed by atoms with Crippen LogP contribution in [0, 0.1) is 23.0 Å². The zero-order valence-electron chi connectivity index (χ0n) is 11.4. The molecule has 0 aliphatic carbocycles. The number of aryl methyl sites for hydroxylation is 1. The van der Waals surface area contributed by atoms with Crippen LogP contribution in [0.4, 0.5) is 11.4 Å². The molecule has 8 nitrogen and oxygen atoms in total. The maximum absolute atomic E-state index is 12.0. The first-order chi connectivity index (χ1) is 9.67. The average Bonchev–Trinajstić information content (AvgIpc) is 2.67. The van der Waals surface area contributed by atoms with Gasteiger partial charge in [-0.25, -0.2) is 13.6 Å². The Morgan fingerprint density at radius 1 is 1.48 bits per heavy atom. The fraction of sp³-hybridized carbons (Fsp3) is 0.417. The number of nitro benzene ring substituents is 1. The molecule has 9 heteroatoms. The van der Waals surface area contributed by atoms with E-state index in [4.69, 9.17) is 5.14 Å². The molecule has 1 amide bonds. The van der Waals surface area contributed by atoms with E-state index in [0.29, 0.717) is 11.3 Å². The second-order valence-electron chi connectivity index (χ2n) is 5.13. The molecule has 0 spiro atoms. The molecule has 1 heterocycles. The van der Waals surface area contributed by atoms with Gasteiger partial charge < -0.3 is 4.90 Å². The molecule has 0 saturated carbocycles. The summed E-state index contributed by atoms with van der Waals surface area (Å²) in [5.74, 6) is -0.929. The lowest BCUT2D eigenvalue weighted by Gasteiger charge is -2.18. The quantitative estimate of drug-likeness (QED) is 0.642. The highest BCUT2D eigenvalue weighted by Crippen LogP contribution is 2.31. The summed E-state index contributed by atoms with van der Waals surface area (Å²) >= 11 is 0. The van der Waals surface area contributed by atoms with Crippen LogP contribution in [0.1, 0.15) is 12.0 Å². The van der Waals surface area contributed by atoms with Crippen LogP contribution >= 0.6 is 0 Å². The summed E-state index contributed by atoms with van der Waals surface area (Å²) in [6.07, 6.45) is 0.0680. The number of primary sulfonamides is 1. The maximum atomic E-state index is 12.0. The smallest absolute Gasteiger partial charge is 0.271 e. The van der Waals surface area contributed by atoms with Gasteiger partial charge in [0.25, 0.3) is 5.69 Å². The van der Waals surface area contributed by atoms with Crippen molar-refractivity contribution in [2.45, 2.75) is 13.3 Å². The van der Waals surface area contributed by atoms with Gasteiger partial charge >= 0.3 is 0 Å². The second kappa shape index (κ2) is 5.41. The zero-order valence-corrected chi connectivity index (χ0v) is 12.2. The molecule has 1 fully saturated rings. The van der Waals surface area contributed by atoms with Crippen LogP contribution in [0.25, 0.3) is 0 Å². The minimum atomic E-state index is -3.66. The summed E-state index contributed by atoms with van der Waals surface area (Å²) < 4.78 is 22.2. The maximum Gasteiger partial charge on any atom is 0.271 e. The monoisotopic (exact) mass is 313 g/mol. The van der Waals surface area contributed by atoms with Crippen LogP contribution < -0.4 is 10.0 Å². The summed E-state index contributed by atoms with van der Waals surface area (Å²) in [5.41, 5.74) is 1.04. The van der Waals surface area contributed by atoms with Crippen LogP contribution in [-0.2, 0) is 14.8 Å². The Morgan fingerprint density at radius 3 is 2.71 bits per heavy atom. The molecule has 1 atom stereocenters. The SMILES string of the molecule is Cc1ccc([N+](=O)[O-])cc1N1CC(CS(N)(=O)=O)CC1=O. The van der Waals surface area contributed by atoms with Gasteiger partial charge in [0.15, 0.2) is 0 Å². The van der Waals surface area contributed by atoms with Crippen molar-refractivity contribution < 1.29 is 18.1 Å². The summed E-state index contributed by atoms with van der Waals surface area (Å²) in [6, 6.07) is 4.25. The molecule has 1 aromatic rings. The van der Waals surface area contributed by atoms with Crippen LogP contribution in [0.15, 0.2) is 18.2 Å². The van der Waals surface area contributed by atoms with Crippen molar-refractivity contribution in [1.82, 2.24) is 0 Å². The molecule has 1 aliphatic rings. The van der Waals surface area contributed by atoms with Crippen molar-refractivity contribution >= 4 is 27.3 Å². The predicted octanol–water partition coefficient (Wildman–Crippen LogP) is 0.545. The Kier molecular flexibility index (Phi) is 3.97. The largest absolute Gasteiger partial charge is 0.312 e. The van der Waals surface area contributed by atoms with Gasteiger partial charge in [-0.2, -0.15) is 0 Å². The van der Waals surface area contributed by atoms with E-state index >= 15 is 0 Å². The first-order valence-corrected chi connectivity index (χ1v) is 7.95. The third-order valence-corrected chi connectivity index (χ3v) is 4.30. The summed E-state index contributed by atoms with van der Waals surface area (Å²) in [5, 5.41) is 15.8. The van der Waals surface area contributed by atoms with Gasteiger partial charge in [-0.3, -0.25) is 14.9 Å². The lowest BCUT2D eigenvalue weighted by molar-refractivity contribution is -0.384. The Morgan fingerprint density at radius 2 is 2.14 bits per heavy atom. The first-order valence-electron chi connectivity index (χ1n) is 6.23. The number of hydrogen-bond donors (Lipinski definition) is 1. The number of non-ortho nitro benzene ring substituents is 1. The number of anilines is 1. The van der Waals surface area contributed by atoms with Crippen molar-refractivity contribution in [3.8, 4) is 0 Å². The lowest BCUT2D eigenvalue weighted by Crippen LogP contribution is -2.28. The summed E-state index contributed by atoms with van der Waals surface area (Å²) in [7, 11) is -3.66. The fourth-order valence-corrected chi connectivity index (χ4v) is 3.34. The van der Waals surface area contributed by atoms with E-state index in [9.17, 15) is 23.3 Å². The zero-order chi connectivity index (χ0) is 15.8. The van der Waals surface area contributed by atoms with Gasteiger partial charge in [0, 0.05) is 31.0 Å². The second-order valence-corrected chi connectivity index (χ2v) is 6.79. The molecule has 0 aromatic heterocycles. The van der Waals surface area contributed by atoms with Crippen LogP contribution in [0.3, 0.4) is 0 Å². The third kappa shape index (κ3) is 3.56. The Labute approximate surface area is 121 Å². The van der Waals surface area contributed by atoms with Crippen LogP contribution in [0.5, 0.6) is 0 Å². The molecule has 1 saturated heterocycles. The minimum absolute atomic E-state index is 0.0680. The number of carbonyl (C=O) groups is 1. The lowest BCUT2D eigenvalue weighted by atomic mass is 10.1. The molecule has 1 unspecified atom stereocenters. The number of rotatable bonds is 4. The molecule has 0 bridgehead atoms. The summed E-state index contributed by atoms with van der Waals surface area (Å²) in [6.45, 7) is 1.93. The van der Waals surface area contributed by atoms with Gasteiger partial charge in [0.2, 0.25) is 15.9 Å². The Bertz CT molecular complexity index is 701. The minimum Gasteiger partial charge on any atom is -0.312 e. The normalized spacial score (nSPS) is 19.0. The number of nitrogens with zero attached hydrogens (tertiary/aromatic N) is 2. The van der Waals surface area contributed by atoms with Gasteiger partial charge in [-0.15, -0.1) is 0 Å². The van der Waals surface area contributed by atoms with Crippen molar-refractivity contribution in [2.24, 2.45) is 11.1 Å². The third-order valence-electron chi connectivity index (χ3n) is 3.37. The van der Waals surface area contributed by atoms with Crippen LogP contribution in [-0.4, -0.2) is 31.5 Å². The Hall–Kier alpha value is -2.00. The van der Waals surface area contributed by atoms with E-state index in [2.05, 4.69) is 0 Å². The number of sulfonamides is 1. The Balaban J connectivity index is 2.28. The first kappa shape index (κ1) is 15.4. The molecule has 0 radical (unpaired) electrons. The molecular formula is C12H15N3O5S. The molecule has 2 rings (SSSR count). The van der Waals surface area contributed by atoms with Gasteiger partial charge in [-0.1, -0.05) is 6.07 Å². The van der Waals surface area contributed by atoms with Gasteiger partial charge in [0.1, 0.15) is 0 Å². The number of nitrogens with two attached hydrogens (primary N) is 1. The van der Waals surface area contributed by atoms with E-state index < -0.39 is 20.9 Å². The van der Waals surface area contributed by atoms with Crippen LogP contribution in [0.2, 0.25) is 0 Å². The van der Waals surface area contributed by atoms with Crippen molar-refractivity contribution in [2.75, 3.05) is 17.2 Å². The van der Waals surface area contributed by atoms with E-state index in [1.165, 1.54) is 17.0 Å². The van der Waals surface area contributed by atoms with Gasteiger partial charge in [0.05, 0.1) is 16.4 Å². The predicted molar refractivity (Wildman–Crippen MR) is 76.3 cm³/mol. The number of benzene rings is 1. The molecule has 21 heavy (non-hydrogen) atoms. The molecular weight excluding hydrogens is 298 g/mol. The standard InChI is InChI=1S/C12H15N3O5S/c1-8-2-3-10(15(17)18)5-11(8)14-6-9(4-12(14)16)7-21(13,19)20/h2-3,5,9H,4,6-7H2,1H3,(H2,13,19,20). The molecule has 114 valence electrons. The van der Waals surface area contributed by atoms with Gasteiger partial charge in [-0.05, 0) is 12.5 Å². The number of carbonyl (C=O) groups excluding carboxylic acids is 1. The molecule has 1 aromatic carbocycles. The highest BCUT2D eigenvalue weighted by atomic mass is 32.2.